The van der Waals surface area contributed by atoms with E-state index in [2.05, 4.69) is 247 Å². The lowest BCUT2D eigenvalue weighted by molar-refractivity contribution is 0.572. The van der Waals surface area contributed by atoms with Crippen LogP contribution in [0.25, 0.3) is 16.7 Å². The Hall–Kier alpha value is -6.90. The van der Waals surface area contributed by atoms with E-state index in [1.165, 1.54) is 50.3 Å². The molecule has 2 aliphatic carbocycles. The largest absolute Gasteiger partial charge is 0.338 e. The van der Waals surface area contributed by atoms with Crippen molar-refractivity contribution in [1.82, 2.24) is 0 Å². The van der Waals surface area contributed by atoms with Crippen LogP contribution in [-0.2, 0) is 6.42 Å². The van der Waals surface area contributed by atoms with E-state index in [0.717, 1.165) is 42.7 Å². The molecule has 9 rings (SSSR count). The summed E-state index contributed by atoms with van der Waals surface area (Å²) in [5.74, 6) is 0.670. The standard InChI is InChI=1S/C58H52N2/c1-44(46-31-33-48(34-32-46)50-37-41-57(42-38-50)60(54-23-13-5-14-24-54)55-25-15-6-16-26-55)58(51-17-7-2-8-18-51)43-45-27-29-47(30-28-45)49-35-39-56(40-36-49)59(52-19-9-3-10-20-52)53-21-11-4-12-22-53/h2-11,13-21,23-39,41-42,44,56,58H,12,22,40,43H2,1H3. The Morgan fingerprint density at radius 2 is 1.07 bits per heavy atom. The van der Waals surface area contributed by atoms with Gasteiger partial charge in [-0.15, -0.1) is 0 Å². The van der Waals surface area contributed by atoms with E-state index >= 15 is 0 Å². The number of nitrogens with zero attached hydrogens (tertiary/aromatic N) is 2. The van der Waals surface area contributed by atoms with Crippen LogP contribution < -0.4 is 9.80 Å². The van der Waals surface area contributed by atoms with Crippen LogP contribution in [0.2, 0.25) is 0 Å². The molecule has 0 heterocycles. The fourth-order valence-electron chi connectivity index (χ4n) is 8.95. The van der Waals surface area contributed by atoms with Crippen molar-refractivity contribution < 1.29 is 0 Å². The summed E-state index contributed by atoms with van der Waals surface area (Å²) in [6.07, 6.45) is 18.0. The highest BCUT2D eigenvalue weighted by Crippen LogP contribution is 2.39. The molecule has 2 heteroatoms. The third-order valence-electron chi connectivity index (χ3n) is 12.2. The van der Waals surface area contributed by atoms with Crippen LogP contribution in [0.15, 0.2) is 236 Å². The first-order valence-electron chi connectivity index (χ1n) is 21.5. The third kappa shape index (κ3) is 8.75. The zero-order chi connectivity index (χ0) is 40.5. The minimum Gasteiger partial charge on any atom is -0.338 e. The average molecular weight is 777 g/mol. The molecule has 0 bridgehead atoms. The molecule has 7 aromatic rings. The molecule has 3 atom stereocenters. The van der Waals surface area contributed by atoms with Crippen molar-refractivity contribution >= 4 is 28.3 Å². The fourth-order valence-corrected chi connectivity index (χ4v) is 8.95. The van der Waals surface area contributed by atoms with Gasteiger partial charge in [-0.05, 0) is 131 Å². The van der Waals surface area contributed by atoms with Gasteiger partial charge in [-0.3, -0.25) is 0 Å². The lowest BCUT2D eigenvalue weighted by atomic mass is 9.78. The quantitative estimate of drug-likeness (QED) is 0.115. The van der Waals surface area contributed by atoms with Gasteiger partial charge >= 0.3 is 0 Å². The SMILES string of the molecule is CC(c1ccc(-c2ccc(N(c3ccccc3)c3ccccc3)cc2)cc1)C(Cc1ccc(C2=CCC(N(C3=CC=CCC3)c3ccccc3)C=C2)cc1)c1ccccc1. The summed E-state index contributed by atoms with van der Waals surface area (Å²) in [5.41, 5.74) is 15.2. The lowest BCUT2D eigenvalue weighted by Gasteiger charge is -2.35. The van der Waals surface area contributed by atoms with E-state index in [9.17, 15) is 0 Å². The predicted molar refractivity (Wildman–Crippen MR) is 255 cm³/mol. The number of hydrogen-bond acceptors (Lipinski definition) is 2. The second-order valence-electron chi connectivity index (χ2n) is 16.0. The molecule has 7 aromatic carbocycles. The molecule has 60 heavy (non-hydrogen) atoms. The van der Waals surface area contributed by atoms with E-state index in [4.69, 9.17) is 0 Å². The molecule has 2 nitrogen and oxygen atoms in total. The Bertz CT molecular complexity index is 2530. The Morgan fingerprint density at radius 3 is 1.62 bits per heavy atom. The molecule has 0 N–H and O–H groups in total. The summed E-state index contributed by atoms with van der Waals surface area (Å²) in [6, 6.07) is 70.9. The Morgan fingerprint density at radius 1 is 0.533 bits per heavy atom. The van der Waals surface area contributed by atoms with Crippen LogP contribution in [-0.4, -0.2) is 6.04 Å². The van der Waals surface area contributed by atoms with E-state index in [1.807, 2.05) is 0 Å². The number of hydrogen-bond donors (Lipinski definition) is 0. The Balaban J connectivity index is 0.895. The van der Waals surface area contributed by atoms with Gasteiger partial charge in [0.25, 0.3) is 0 Å². The molecule has 3 unspecified atom stereocenters. The Kier molecular flexibility index (Phi) is 11.8. The molecule has 0 aliphatic heterocycles. The van der Waals surface area contributed by atoms with Gasteiger partial charge in [-0.1, -0.05) is 183 Å². The van der Waals surface area contributed by atoms with Crippen LogP contribution in [0.1, 0.15) is 60.3 Å². The fraction of sp³-hybridized carbons (Fsp3) is 0.138. The minimum atomic E-state index is 0.298. The van der Waals surface area contributed by atoms with Gasteiger partial charge in [0.05, 0.1) is 6.04 Å². The van der Waals surface area contributed by atoms with E-state index < -0.39 is 0 Å². The molecular weight excluding hydrogens is 725 g/mol. The highest BCUT2D eigenvalue weighted by molar-refractivity contribution is 5.79. The number of benzene rings is 7. The van der Waals surface area contributed by atoms with Gasteiger partial charge in [-0.2, -0.15) is 0 Å². The molecular formula is C58H52N2. The Labute approximate surface area is 356 Å². The lowest BCUT2D eigenvalue weighted by Crippen LogP contribution is -2.34. The molecule has 0 amide bonds. The zero-order valence-electron chi connectivity index (χ0n) is 34.4. The number of para-hydroxylation sites is 3. The average Bonchev–Trinajstić information content (AvgIpc) is 3.33. The zero-order valence-corrected chi connectivity index (χ0v) is 34.4. The van der Waals surface area contributed by atoms with Gasteiger partial charge in [0, 0.05) is 28.4 Å². The summed E-state index contributed by atoms with van der Waals surface area (Å²) in [7, 11) is 0. The topological polar surface area (TPSA) is 6.48 Å². The maximum absolute atomic E-state index is 2.53. The number of allylic oxidation sites excluding steroid dienone is 6. The molecule has 0 saturated heterocycles. The summed E-state index contributed by atoms with van der Waals surface area (Å²) >= 11 is 0. The van der Waals surface area contributed by atoms with Crippen molar-refractivity contribution in [1.29, 1.82) is 0 Å². The molecule has 2 aliphatic rings. The van der Waals surface area contributed by atoms with Crippen LogP contribution >= 0.6 is 0 Å². The van der Waals surface area contributed by atoms with Gasteiger partial charge in [-0.25, -0.2) is 0 Å². The van der Waals surface area contributed by atoms with Crippen molar-refractivity contribution in [2.24, 2.45) is 0 Å². The normalized spacial score (nSPS) is 15.7. The van der Waals surface area contributed by atoms with Gasteiger partial charge in [0.15, 0.2) is 0 Å². The van der Waals surface area contributed by atoms with Crippen LogP contribution in [0.5, 0.6) is 0 Å². The molecule has 0 fully saturated rings. The molecule has 0 aromatic heterocycles. The minimum absolute atomic E-state index is 0.298. The maximum atomic E-state index is 2.53. The van der Waals surface area contributed by atoms with Crippen molar-refractivity contribution in [3.63, 3.8) is 0 Å². The van der Waals surface area contributed by atoms with Crippen LogP contribution in [0, 0.1) is 0 Å². The van der Waals surface area contributed by atoms with Crippen molar-refractivity contribution in [3.8, 4) is 11.1 Å². The highest BCUT2D eigenvalue weighted by atomic mass is 15.2. The predicted octanol–water partition coefficient (Wildman–Crippen LogP) is 15.4. The monoisotopic (exact) mass is 776 g/mol. The van der Waals surface area contributed by atoms with Crippen molar-refractivity contribution in [2.75, 3.05) is 9.80 Å². The highest BCUT2D eigenvalue weighted by Gasteiger charge is 2.24. The summed E-state index contributed by atoms with van der Waals surface area (Å²) < 4.78 is 0. The smallest absolute Gasteiger partial charge is 0.0557 e. The van der Waals surface area contributed by atoms with Crippen LogP contribution in [0.4, 0.5) is 22.7 Å². The second-order valence-corrected chi connectivity index (χ2v) is 16.0. The molecule has 0 saturated carbocycles. The maximum Gasteiger partial charge on any atom is 0.0557 e. The molecule has 0 radical (unpaired) electrons. The van der Waals surface area contributed by atoms with Gasteiger partial charge in [0.2, 0.25) is 0 Å². The van der Waals surface area contributed by atoms with E-state index in [1.54, 1.807) is 0 Å². The molecule has 0 spiro atoms. The van der Waals surface area contributed by atoms with E-state index in [0.29, 0.717) is 17.9 Å². The first kappa shape index (κ1) is 38.6. The van der Waals surface area contributed by atoms with Gasteiger partial charge in [0.1, 0.15) is 0 Å². The summed E-state index contributed by atoms with van der Waals surface area (Å²) in [6.45, 7) is 2.39. The van der Waals surface area contributed by atoms with Crippen molar-refractivity contribution in [2.45, 2.75) is 50.5 Å². The molecule has 294 valence electrons. The second kappa shape index (κ2) is 18.4. The van der Waals surface area contributed by atoms with E-state index in [-0.39, 0.29) is 0 Å². The van der Waals surface area contributed by atoms with Crippen molar-refractivity contribution in [3.05, 3.63) is 259 Å². The number of anilines is 4. The first-order valence-corrected chi connectivity index (χ1v) is 21.5. The third-order valence-corrected chi connectivity index (χ3v) is 12.2. The summed E-state index contributed by atoms with van der Waals surface area (Å²) in [4.78, 5) is 4.83. The number of rotatable bonds is 13. The summed E-state index contributed by atoms with van der Waals surface area (Å²) in [5, 5.41) is 0. The van der Waals surface area contributed by atoms with Gasteiger partial charge < -0.3 is 9.80 Å². The van der Waals surface area contributed by atoms with Crippen LogP contribution in [0.3, 0.4) is 0 Å². The first-order chi connectivity index (χ1) is 29.7.